The van der Waals surface area contributed by atoms with Gasteiger partial charge in [-0.1, -0.05) is 0 Å². The Morgan fingerprint density at radius 1 is 1.19 bits per heavy atom. The summed E-state index contributed by atoms with van der Waals surface area (Å²) in [5.74, 6) is 0.740. The molecule has 3 rings (SSSR count). The third-order valence-corrected chi connectivity index (χ3v) is 4.91. The van der Waals surface area contributed by atoms with Gasteiger partial charge in [0.05, 0.1) is 18.8 Å². The van der Waals surface area contributed by atoms with Crippen LogP contribution in [-0.2, 0) is 4.74 Å². The van der Waals surface area contributed by atoms with E-state index in [-0.39, 0.29) is 5.91 Å². The lowest BCUT2D eigenvalue weighted by Gasteiger charge is -2.26. The van der Waals surface area contributed by atoms with E-state index in [1.807, 2.05) is 17.0 Å². The summed E-state index contributed by atoms with van der Waals surface area (Å²) in [6, 6.07) is 10.1. The molecule has 0 spiro atoms. The number of benzene rings is 1. The van der Waals surface area contributed by atoms with Gasteiger partial charge >= 0.3 is 0 Å². The zero-order valence-corrected chi connectivity index (χ0v) is 16.4. The highest BCUT2D eigenvalue weighted by Crippen LogP contribution is 2.25. The lowest BCUT2D eigenvalue weighted by molar-refractivity contribution is 0.0302. The van der Waals surface area contributed by atoms with Gasteiger partial charge in [0, 0.05) is 43.8 Å². The number of hydrogen-bond acceptors (Lipinski definition) is 5. The second-order valence-corrected chi connectivity index (χ2v) is 6.63. The monoisotopic (exact) mass is 368 g/mol. The topological polar surface area (TPSA) is 57.7 Å². The first-order valence-corrected chi connectivity index (χ1v) is 9.58. The number of aryl methyl sites for hydroxylation is 1. The number of anilines is 3. The van der Waals surface area contributed by atoms with E-state index in [4.69, 9.17) is 4.74 Å². The van der Waals surface area contributed by atoms with Crippen LogP contribution in [0.25, 0.3) is 0 Å². The van der Waals surface area contributed by atoms with Crippen LogP contribution in [0.15, 0.2) is 36.5 Å². The third-order valence-electron chi connectivity index (χ3n) is 4.91. The predicted octanol–water partition coefficient (Wildman–Crippen LogP) is 3.45. The minimum absolute atomic E-state index is 0.0112. The molecule has 1 aromatic heterocycles. The number of hydrogen-bond donors (Lipinski definition) is 1. The van der Waals surface area contributed by atoms with E-state index in [0.29, 0.717) is 31.9 Å². The van der Waals surface area contributed by atoms with Crippen molar-refractivity contribution < 1.29 is 9.53 Å². The van der Waals surface area contributed by atoms with Crippen LogP contribution in [0.2, 0.25) is 0 Å². The standard InChI is InChI=1S/C21H28N4O2/c1-4-24(5-2)18-7-8-19(16(3)14-18)23-20-9-6-17(15-22-20)21(26)25-10-12-27-13-11-25/h6-9,14-15H,4-5,10-13H2,1-3H3,(H,22,23). The zero-order valence-electron chi connectivity index (χ0n) is 16.4. The van der Waals surface area contributed by atoms with Crippen LogP contribution in [-0.4, -0.2) is 55.2 Å². The van der Waals surface area contributed by atoms with Crippen molar-refractivity contribution in [2.45, 2.75) is 20.8 Å². The fourth-order valence-corrected chi connectivity index (χ4v) is 3.25. The first-order valence-electron chi connectivity index (χ1n) is 9.58. The molecule has 1 amide bonds. The molecule has 144 valence electrons. The first-order chi connectivity index (χ1) is 13.1. The van der Waals surface area contributed by atoms with Crippen molar-refractivity contribution in [1.82, 2.24) is 9.88 Å². The second kappa shape index (κ2) is 8.86. The maximum absolute atomic E-state index is 12.5. The largest absolute Gasteiger partial charge is 0.378 e. The summed E-state index contributed by atoms with van der Waals surface area (Å²) < 4.78 is 5.30. The number of carbonyl (C=O) groups is 1. The molecule has 0 atom stereocenters. The Morgan fingerprint density at radius 3 is 2.52 bits per heavy atom. The number of pyridine rings is 1. The Balaban J connectivity index is 1.68. The molecule has 6 nitrogen and oxygen atoms in total. The van der Waals surface area contributed by atoms with Gasteiger partial charge in [-0.15, -0.1) is 0 Å². The number of nitrogens with zero attached hydrogens (tertiary/aromatic N) is 3. The van der Waals surface area contributed by atoms with E-state index in [1.165, 1.54) is 5.69 Å². The van der Waals surface area contributed by atoms with Gasteiger partial charge in [0.2, 0.25) is 0 Å². The fourth-order valence-electron chi connectivity index (χ4n) is 3.25. The van der Waals surface area contributed by atoms with Crippen LogP contribution in [0, 0.1) is 6.92 Å². The molecular weight excluding hydrogens is 340 g/mol. The molecule has 1 aromatic carbocycles. The van der Waals surface area contributed by atoms with Crippen molar-refractivity contribution >= 4 is 23.1 Å². The first kappa shape index (κ1) is 19.2. The van der Waals surface area contributed by atoms with Crippen molar-refractivity contribution in [3.8, 4) is 0 Å². The summed E-state index contributed by atoms with van der Waals surface area (Å²) in [6.45, 7) is 10.9. The molecule has 6 heteroatoms. The number of amides is 1. The Hall–Kier alpha value is -2.60. The second-order valence-electron chi connectivity index (χ2n) is 6.63. The fraction of sp³-hybridized carbons (Fsp3) is 0.429. The molecule has 1 saturated heterocycles. The van der Waals surface area contributed by atoms with E-state index >= 15 is 0 Å². The molecular formula is C21H28N4O2. The molecule has 0 aliphatic carbocycles. The normalized spacial score (nSPS) is 14.1. The SMILES string of the molecule is CCN(CC)c1ccc(Nc2ccc(C(=O)N3CCOCC3)cn2)c(C)c1. The highest BCUT2D eigenvalue weighted by Gasteiger charge is 2.18. The summed E-state index contributed by atoms with van der Waals surface area (Å²) in [4.78, 5) is 21.0. The molecule has 0 radical (unpaired) electrons. The van der Waals surface area contributed by atoms with Gasteiger partial charge < -0.3 is 19.9 Å². The number of nitrogens with one attached hydrogen (secondary N) is 1. The summed E-state index contributed by atoms with van der Waals surface area (Å²) >= 11 is 0. The maximum atomic E-state index is 12.5. The smallest absolute Gasteiger partial charge is 0.255 e. The lowest BCUT2D eigenvalue weighted by Crippen LogP contribution is -2.40. The van der Waals surface area contributed by atoms with Gasteiger partial charge in [0.25, 0.3) is 5.91 Å². The molecule has 1 aliphatic rings. The lowest BCUT2D eigenvalue weighted by atomic mass is 10.1. The minimum atomic E-state index is 0.0112. The molecule has 0 unspecified atom stereocenters. The Labute approximate surface area is 161 Å². The summed E-state index contributed by atoms with van der Waals surface area (Å²) in [5.41, 5.74) is 4.01. The van der Waals surface area contributed by atoms with Crippen molar-refractivity contribution in [1.29, 1.82) is 0 Å². The average molecular weight is 368 g/mol. The predicted molar refractivity (Wildman–Crippen MR) is 109 cm³/mol. The Kier molecular flexibility index (Phi) is 6.29. The molecule has 27 heavy (non-hydrogen) atoms. The van der Waals surface area contributed by atoms with E-state index in [2.05, 4.69) is 54.2 Å². The van der Waals surface area contributed by atoms with Gasteiger partial charge in [-0.3, -0.25) is 4.79 Å². The van der Waals surface area contributed by atoms with Crippen molar-refractivity contribution in [2.24, 2.45) is 0 Å². The van der Waals surface area contributed by atoms with Gasteiger partial charge in [-0.25, -0.2) is 4.98 Å². The van der Waals surface area contributed by atoms with Crippen LogP contribution in [0.4, 0.5) is 17.2 Å². The maximum Gasteiger partial charge on any atom is 0.255 e. The van der Waals surface area contributed by atoms with Crippen molar-refractivity contribution in [2.75, 3.05) is 49.6 Å². The number of ether oxygens (including phenoxy) is 1. The quantitative estimate of drug-likeness (QED) is 0.846. The van der Waals surface area contributed by atoms with Crippen LogP contribution in [0.3, 0.4) is 0 Å². The Morgan fingerprint density at radius 2 is 1.93 bits per heavy atom. The third kappa shape index (κ3) is 4.57. The van der Waals surface area contributed by atoms with E-state index < -0.39 is 0 Å². The van der Waals surface area contributed by atoms with Crippen molar-refractivity contribution in [3.63, 3.8) is 0 Å². The van der Waals surface area contributed by atoms with Crippen LogP contribution in [0.1, 0.15) is 29.8 Å². The van der Waals surface area contributed by atoms with Crippen LogP contribution < -0.4 is 10.2 Å². The van der Waals surface area contributed by atoms with Gasteiger partial charge in [0.1, 0.15) is 5.82 Å². The molecule has 1 fully saturated rings. The van der Waals surface area contributed by atoms with Gasteiger partial charge in [0.15, 0.2) is 0 Å². The molecule has 1 N–H and O–H groups in total. The van der Waals surface area contributed by atoms with E-state index in [9.17, 15) is 4.79 Å². The summed E-state index contributed by atoms with van der Waals surface area (Å²) in [6.07, 6.45) is 1.64. The molecule has 2 aromatic rings. The van der Waals surface area contributed by atoms with Crippen LogP contribution in [0.5, 0.6) is 0 Å². The zero-order chi connectivity index (χ0) is 19.2. The number of carbonyl (C=O) groups excluding carboxylic acids is 1. The number of morpholine rings is 1. The van der Waals surface area contributed by atoms with Crippen molar-refractivity contribution in [3.05, 3.63) is 47.7 Å². The summed E-state index contributed by atoms with van der Waals surface area (Å²) in [5, 5.41) is 3.35. The molecule has 0 saturated carbocycles. The number of aromatic nitrogens is 1. The van der Waals surface area contributed by atoms with Crippen LogP contribution >= 0.6 is 0 Å². The summed E-state index contributed by atoms with van der Waals surface area (Å²) in [7, 11) is 0. The average Bonchev–Trinajstić information content (AvgIpc) is 2.71. The van der Waals surface area contributed by atoms with E-state index in [0.717, 1.165) is 30.2 Å². The molecule has 2 heterocycles. The number of rotatable bonds is 6. The minimum Gasteiger partial charge on any atom is -0.378 e. The highest BCUT2D eigenvalue weighted by atomic mass is 16.5. The van der Waals surface area contributed by atoms with E-state index in [1.54, 1.807) is 6.20 Å². The molecule has 0 bridgehead atoms. The Bertz CT molecular complexity index is 766. The van der Waals surface area contributed by atoms with Gasteiger partial charge in [-0.05, 0) is 56.7 Å². The van der Waals surface area contributed by atoms with Gasteiger partial charge in [-0.2, -0.15) is 0 Å². The highest BCUT2D eigenvalue weighted by molar-refractivity contribution is 5.94. The molecule has 1 aliphatic heterocycles.